The van der Waals surface area contributed by atoms with Gasteiger partial charge in [-0.15, -0.1) is 22.7 Å². The van der Waals surface area contributed by atoms with Gasteiger partial charge in [-0.05, 0) is 108 Å². The molecule has 58 heavy (non-hydrogen) atoms. The molecule has 2 aromatic carbocycles. The molecule has 4 aromatic heterocycles. The van der Waals surface area contributed by atoms with Crippen molar-refractivity contribution in [2.75, 3.05) is 0 Å². The van der Waals surface area contributed by atoms with Crippen LogP contribution in [0.2, 0.25) is 0 Å². The molecule has 0 fully saturated rings. The first-order chi connectivity index (χ1) is 26.6. The molecule has 0 aliphatic heterocycles. The molecule has 0 N–H and O–H groups in total. The first-order valence-corrected chi connectivity index (χ1v) is 24.6. The number of rotatable bonds is 7. The van der Waals surface area contributed by atoms with Crippen LogP contribution in [0, 0.1) is 0 Å². The highest BCUT2D eigenvalue weighted by Crippen LogP contribution is 2.37. The normalized spacial score (nSPS) is 13.3. The van der Waals surface area contributed by atoms with Crippen molar-refractivity contribution >= 4 is 88.8 Å². The zero-order valence-electron chi connectivity index (χ0n) is 38.9. The van der Waals surface area contributed by atoms with E-state index in [0.29, 0.717) is 0 Å². The predicted octanol–water partition coefficient (Wildman–Crippen LogP) is 12.4. The SMILES string of the molecule is CC(C)(C)c1cc(C(C)(C)C)c(B(c2cccs2)c2ccc(-c3ccc(B(c4cccs4)c4c(C(C)(C)C)cc(C(C)(C)C)cc4C(C)(C)C)s3)s2)c(C(C)(C)C)c1. The van der Waals surface area contributed by atoms with Gasteiger partial charge < -0.3 is 0 Å². The van der Waals surface area contributed by atoms with Gasteiger partial charge in [0.1, 0.15) is 0 Å². The summed E-state index contributed by atoms with van der Waals surface area (Å²) in [5.74, 6) is 0. The van der Waals surface area contributed by atoms with Crippen molar-refractivity contribution in [2.24, 2.45) is 0 Å². The zero-order valence-corrected chi connectivity index (χ0v) is 42.1. The van der Waals surface area contributed by atoms with E-state index in [4.69, 9.17) is 0 Å². The maximum Gasteiger partial charge on any atom is 0.267 e. The molecule has 6 rings (SSSR count). The second kappa shape index (κ2) is 15.7. The number of thiophene rings is 4. The van der Waals surface area contributed by atoms with Crippen LogP contribution in [0.25, 0.3) is 9.75 Å². The van der Waals surface area contributed by atoms with Crippen molar-refractivity contribution in [2.45, 2.75) is 157 Å². The van der Waals surface area contributed by atoms with E-state index >= 15 is 0 Å². The van der Waals surface area contributed by atoms with Crippen LogP contribution >= 0.6 is 45.3 Å². The Morgan fingerprint density at radius 1 is 0.345 bits per heavy atom. The van der Waals surface area contributed by atoms with Crippen molar-refractivity contribution in [1.29, 1.82) is 0 Å². The summed E-state index contributed by atoms with van der Waals surface area (Å²) in [4.78, 5) is 2.71. The second-order valence-corrected chi connectivity index (χ2v) is 27.0. The minimum absolute atomic E-state index is 0.0193. The van der Waals surface area contributed by atoms with Crippen molar-refractivity contribution < 1.29 is 0 Å². The Morgan fingerprint density at radius 3 is 0.862 bits per heavy atom. The monoisotopic (exact) mass is 842 g/mol. The molecular formula is C52H68B2S4. The van der Waals surface area contributed by atoms with E-state index in [1.807, 2.05) is 45.3 Å². The highest BCUT2D eigenvalue weighted by Gasteiger charge is 2.39. The number of benzene rings is 2. The number of hydrogen-bond acceptors (Lipinski definition) is 4. The van der Waals surface area contributed by atoms with Gasteiger partial charge in [0, 0.05) is 9.75 Å². The molecule has 0 spiro atoms. The van der Waals surface area contributed by atoms with Crippen LogP contribution in [0.4, 0.5) is 0 Å². The lowest BCUT2D eigenvalue weighted by molar-refractivity contribution is 0.552. The van der Waals surface area contributed by atoms with E-state index in [-0.39, 0.29) is 45.9 Å². The molecule has 0 saturated carbocycles. The first kappa shape index (κ1) is 44.9. The summed E-state index contributed by atoms with van der Waals surface area (Å²) in [6, 6.07) is 29.1. The third kappa shape index (κ3) is 9.31. The van der Waals surface area contributed by atoms with Crippen LogP contribution in [0.15, 0.2) is 83.6 Å². The average molecular weight is 843 g/mol. The van der Waals surface area contributed by atoms with Crippen molar-refractivity contribution in [1.82, 2.24) is 0 Å². The highest BCUT2D eigenvalue weighted by molar-refractivity contribution is 7.38. The lowest BCUT2D eigenvalue weighted by Gasteiger charge is -2.35. The van der Waals surface area contributed by atoms with Gasteiger partial charge in [0.2, 0.25) is 0 Å². The molecule has 6 heteroatoms. The summed E-state index contributed by atoms with van der Waals surface area (Å²) in [5, 5.41) is 4.52. The molecule has 0 aliphatic rings. The molecular weight excluding hydrogens is 774 g/mol. The number of hydrogen-bond donors (Lipinski definition) is 0. The maximum atomic E-state index is 2.54. The van der Waals surface area contributed by atoms with Gasteiger partial charge in [0.25, 0.3) is 13.4 Å². The van der Waals surface area contributed by atoms with Crippen LogP contribution in [0.3, 0.4) is 0 Å². The van der Waals surface area contributed by atoms with Crippen LogP contribution < -0.4 is 30.0 Å². The molecule has 306 valence electrons. The van der Waals surface area contributed by atoms with Gasteiger partial charge in [-0.1, -0.05) is 196 Å². The molecule has 6 aromatic rings. The van der Waals surface area contributed by atoms with E-state index in [0.717, 1.165) is 0 Å². The molecule has 0 atom stereocenters. The fourth-order valence-electron chi connectivity index (χ4n) is 8.32. The maximum absolute atomic E-state index is 2.54. The van der Waals surface area contributed by atoms with Gasteiger partial charge in [-0.3, -0.25) is 0 Å². The van der Waals surface area contributed by atoms with Gasteiger partial charge >= 0.3 is 0 Å². The van der Waals surface area contributed by atoms with E-state index in [1.165, 1.54) is 73.2 Å². The van der Waals surface area contributed by atoms with Crippen LogP contribution in [0.5, 0.6) is 0 Å². The average Bonchev–Trinajstić information content (AvgIpc) is 3.91. The highest BCUT2D eigenvalue weighted by atomic mass is 32.1. The third-order valence-corrected chi connectivity index (χ3v) is 16.0. The van der Waals surface area contributed by atoms with E-state index in [2.05, 4.69) is 208 Å². The van der Waals surface area contributed by atoms with E-state index in [1.54, 1.807) is 0 Å². The van der Waals surface area contributed by atoms with Crippen LogP contribution in [-0.2, 0) is 32.5 Å². The topological polar surface area (TPSA) is 0 Å². The smallest absolute Gasteiger partial charge is 0.158 e. The molecule has 0 bridgehead atoms. The minimum atomic E-state index is -0.0193. The fourth-order valence-corrected chi connectivity index (χ4v) is 12.5. The Bertz CT molecular complexity index is 2100. The Hall–Kier alpha value is -2.63. The lowest BCUT2D eigenvalue weighted by Crippen LogP contribution is -2.55. The van der Waals surface area contributed by atoms with Gasteiger partial charge in [0.05, 0.1) is 0 Å². The Kier molecular flexibility index (Phi) is 12.1. The molecule has 0 radical (unpaired) electrons. The molecule has 0 aliphatic carbocycles. The predicted molar refractivity (Wildman–Crippen MR) is 271 cm³/mol. The molecule has 0 amide bonds. The Morgan fingerprint density at radius 2 is 0.638 bits per heavy atom. The molecule has 0 nitrogen and oxygen atoms in total. The zero-order chi connectivity index (χ0) is 43.0. The summed E-state index contributed by atoms with van der Waals surface area (Å²) in [5.41, 5.74) is 11.8. The van der Waals surface area contributed by atoms with Crippen molar-refractivity contribution in [3.8, 4) is 9.75 Å². The Balaban J connectivity index is 1.55. The van der Waals surface area contributed by atoms with E-state index < -0.39 is 0 Å². The van der Waals surface area contributed by atoms with Gasteiger partial charge in [0.15, 0.2) is 0 Å². The summed E-state index contributed by atoms with van der Waals surface area (Å²) >= 11 is 7.78. The molecule has 0 saturated heterocycles. The van der Waals surface area contributed by atoms with Crippen molar-refractivity contribution in [3.05, 3.63) is 117 Å². The summed E-state index contributed by atoms with van der Waals surface area (Å²) in [6.07, 6.45) is 0. The summed E-state index contributed by atoms with van der Waals surface area (Å²) in [6.45, 7) is 43.3. The molecule has 0 unspecified atom stereocenters. The largest absolute Gasteiger partial charge is 0.267 e. The standard InChI is InChI=1S/C52H68B2S4/c1-47(2,3)33-29-35(49(7,8)9)45(36(30-33)50(10,11)12)53(41-21-19-27-55-41)43-25-23-39(57-43)40-24-26-44(58-40)54(42-22-20-28-56-42)46-37(51(13,14)15)31-34(48(4,5)6)32-38(46)52(16,17)18/h19-32H,1-18H3. The molecule has 4 heterocycles. The van der Waals surface area contributed by atoms with E-state index in [9.17, 15) is 0 Å². The lowest BCUT2D eigenvalue weighted by atomic mass is 9.39. The summed E-state index contributed by atoms with van der Waals surface area (Å²) < 4.78 is 5.68. The van der Waals surface area contributed by atoms with Crippen LogP contribution in [-0.4, -0.2) is 13.4 Å². The Labute approximate surface area is 370 Å². The third-order valence-electron chi connectivity index (χ3n) is 11.6. The summed E-state index contributed by atoms with van der Waals surface area (Å²) in [7, 11) is 0. The first-order valence-electron chi connectivity index (χ1n) is 21.2. The second-order valence-electron chi connectivity index (χ2n) is 22.8. The quantitative estimate of drug-likeness (QED) is 0.141. The minimum Gasteiger partial charge on any atom is -0.158 e. The van der Waals surface area contributed by atoms with Gasteiger partial charge in [-0.2, -0.15) is 22.7 Å². The fraction of sp³-hybridized carbons (Fsp3) is 0.462. The van der Waals surface area contributed by atoms with Crippen LogP contribution in [0.1, 0.15) is 158 Å². The van der Waals surface area contributed by atoms with Crippen molar-refractivity contribution in [3.63, 3.8) is 0 Å². The van der Waals surface area contributed by atoms with Gasteiger partial charge in [-0.25, -0.2) is 0 Å².